The van der Waals surface area contributed by atoms with Crippen molar-refractivity contribution in [1.82, 2.24) is 4.90 Å². The molecular formula is C19H25NS. The summed E-state index contributed by atoms with van der Waals surface area (Å²) in [5, 5.41) is 2.19. The Balaban J connectivity index is 1.64. The molecule has 0 spiro atoms. The fourth-order valence-electron chi connectivity index (χ4n) is 3.46. The van der Waals surface area contributed by atoms with Crippen LogP contribution in [0.1, 0.15) is 35.8 Å². The second-order valence-electron chi connectivity index (χ2n) is 6.03. The fourth-order valence-corrected chi connectivity index (χ4v) is 4.16. The van der Waals surface area contributed by atoms with E-state index in [-0.39, 0.29) is 0 Å². The van der Waals surface area contributed by atoms with Crippen LogP contribution in [-0.4, -0.2) is 24.0 Å². The Labute approximate surface area is 132 Å². The zero-order valence-electron chi connectivity index (χ0n) is 12.9. The van der Waals surface area contributed by atoms with Crippen LogP contribution in [-0.2, 0) is 19.3 Å². The molecule has 0 unspecified atom stereocenters. The number of rotatable bonds is 6. The van der Waals surface area contributed by atoms with Crippen LogP contribution in [0.25, 0.3) is 0 Å². The van der Waals surface area contributed by atoms with Crippen LogP contribution in [0.5, 0.6) is 0 Å². The average Bonchev–Trinajstić information content (AvgIpc) is 3.04. The molecule has 21 heavy (non-hydrogen) atoms. The highest BCUT2D eigenvalue weighted by atomic mass is 32.1. The van der Waals surface area contributed by atoms with Gasteiger partial charge in [-0.1, -0.05) is 37.3 Å². The van der Waals surface area contributed by atoms with Crippen molar-refractivity contribution in [3.63, 3.8) is 0 Å². The maximum atomic E-state index is 2.73. The van der Waals surface area contributed by atoms with Crippen molar-refractivity contribution in [2.45, 2.75) is 45.1 Å². The van der Waals surface area contributed by atoms with E-state index in [4.69, 9.17) is 0 Å². The Hall–Kier alpha value is -1.12. The molecule has 3 rings (SSSR count). The maximum Gasteiger partial charge on any atom is 0.0139 e. The van der Waals surface area contributed by atoms with E-state index >= 15 is 0 Å². The minimum absolute atomic E-state index is 0.736. The number of fused-ring (bicyclic) bond motifs is 1. The largest absolute Gasteiger partial charge is 0.300 e. The van der Waals surface area contributed by atoms with Crippen molar-refractivity contribution in [2.75, 3.05) is 13.1 Å². The van der Waals surface area contributed by atoms with E-state index in [0.29, 0.717) is 0 Å². The van der Waals surface area contributed by atoms with Crippen molar-refractivity contribution in [2.24, 2.45) is 0 Å². The molecule has 0 saturated heterocycles. The number of aryl methyl sites for hydroxylation is 1. The van der Waals surface area contributed by atoms with Gasteiger partial charge in [-0.15, -0.1) is 11.3 Å². The first-order valence-corrected chi connectivity index (χ1v) is 9.08. The van der Waals surface area contributed by atoms with E-state index in [0.717, 1.165) is 6.04 Å². The van der Waals surface area contributed by atoms with Crippen molar-refractivity contribution < 1.29 is 0 Å². The monoisotopic (exact) mass is 299 g/mol. The highest BCUT2D eigenvalue weighted by Gasteiger charge is 2.23. The lowest BCUT2D eigenvalue weighted by atomic mass is 9.87. The standard InChI is InChI=1S/C19H25NS/c1-2-12-20(13-11-19-8-5-14-21-19)18-10-9-16-6-3-4-7-17(16)15-18/h3-8,14,18H,2,9-13,15H2,1H3/t18-/m0/s1. The fraction of sp³-hybridized carbons (Fsp3) is 0.474. The van der Waals surface area contributed by atoms with Crippen molar-refractivity contribution in [1.29, 1.82) is 0 Å². The molecule has 0 aliphatic heterocycles. The van der Waals surface area contributed by atoms with Gasteiger partial charge in [0, 0.05) is 17.5 Å². The van der Waals surface area contributed by atoms with Gasteiger partial charge in [-0.05, 0) is 61.2 Å². The summed E-state index contributed by atoms with van der Waals surface area (Å²) >= 11 is 1.89. The van der Waals surface area contributed by atoms with Crippen molar-refractivity contribution in [3.8, 4) is 0 Å². The first-order chi connectivity index (χ1) is 10.4. The highest BCUT2D eigenvalue weighted by Crippen LogP contribution is 2.25. The predicted octanol–water partition coefficient (Wildman–Crippen LogP) is 4.56. The Morgan fingerprint density at radius 3 is 2.71 bits per heavy atom. The SMILES string of the molecule is CCCN(CCc1cccs1)[C@H]1CCc2ccccc2C1. The molecule has 2 heteroatoms. The molecular weight excluding hydrogens is 274 g/mol. The highest BCUT2D eigenvalue weighted by molar-refractivity contribution is 7.09. The van der Waals surface area contributed by atoms with Crippen LogP contribution in [0.4, 0.5) is 0 Å². The maximum absolute atomic E-state index is 2.73. The predicted molar refractivity (Wildman–Crippen MR) is 92.1 cm³/mol. The number of thiophene rings is 1. The van der Waals surface area contributed by atoms with Gasteiger partial charge in [-0.25, -0.2) is 0 Å². The molecule has 1 aromatic heterocycles. The molecule has 0 N–H and O–H groups in total. The lowest BCUT2D eigenvalue weighted by Crippen LogP contribution is -2.41. The van der Waals surface area contributed by atoms with E-state index in [1.54, 1.807) is 11.1 Å². The van der Waals surface area contributed by atoms with Gasteiger partial charge in [0.2, 0.25) is 0 Å². The quantitative estimate of drug-likeness (QED) is 0.756. The Morgan fingerprint density at radius 1 is 1.10 bits per heavy atom. The van der Waals surface area contributed by atoms with E-state index in [2.05, 4.69) is 53.6 Å². The normalized spacial score (nSPS) is 17.9. The lowest BCUT2D eigenvalue weighted by molar-refractivity contribution is 0.182. The van der Waals surface area contributed by atoms with Gasteiger partial charge >= 0.3 is 0 Å². The second kappa shape index (κ2) is 7.24. The van der Waals surface area contributed by atoms with Crippen LogP contribution in [0.2, 0.25) is 0 Å². The summed E-state index contributed by atoms with van der Waals surface area (Å²) in [5.74, 6) is 0. The molecule has 0 fully saturated rings. The number of benzene rings is 1. The zero-order chi connectivity index (χ0) is 14.5. The molecule has 0 radical (unpaired) electrons. The summed E-state index contributed by atoms with van der Waals surface area (Å²) in [5.41, 5.74) is 3.15. The summed E-state index contributed by atoms with van der Waals surface area (Å²) in [7, 11) is 0. The Kier molecular flexibility index (Phi) is 5.10. The van der Waals surface area contributed by atoms with Crippen LogP contribution in [0.3, 0.4) is 0 Å². The first-order valence-electron chi connectivity index (χ1n) is 8.20. The second-order valence-corrected chi connectivity index (χ2v) is 7.06. The first kappa shape index (κ1) is 14.8. The third-order valence-corrected chi connectivity index (χ3v) is 5.51. The Morgan fingerprint density at radius 2 is 1.95 bits per heavy atom. The summed E-state index contributed by atoms with van der Waals surface area (Å²) in [6.45, 7) is 4.74. The van der Waals surface area contributed by atoms with Crippen molar-refractivity contribution in [3.05, 3.63) is 57.8 Å². The van der Waals surface area contributed by atoms with Gasteiger partial charge in [0.25, 0.3) is 0 Å². The molecule has 0 bridgehead atoms. The van der Waals surface area contributed by atoms with Gasteiger partial charge < -0.3 is 0 Å². The number of hydrogen-bond donors (Lipinski definition) is 0. The molecule has 2 aromatic rings. The van der Waals surface area contributed by atoms with E-state index in [1.807, 2.05) is 11.3 Å². The topological polar surface area (TPSA) is 3.24 Å². The van der Waals surface area contributed by atoms with E-state index in [9.17, 15) is 0 Å². The molecule has 0 saturated carbocycles. The van der Waals surface area contributed by atoms with Crippen LogP contribution < -0.4 is 0 Å². The van der Waals surface area contributed by atoms with E-state index < -0.39 is 0 Å². The molecule has 1 atom stereocenters. The summed E-state index contributed by atoms with van der Waals surface area (Å²) in [4.78, 5) is 4.25. The third kappa shape index (κ3) is 3.75. The minimum atomic E-state index is 0.736. The third-order valence-electron chi connectivity index (χ3n) is 4.57. The number of nitrogens with zero attached hydrogens (tertiary/aromatic N) is 1. The molecule has 1 aromatic carbocycles. The molecule has 1 nitrogen and oxygen atoms in total. The van der Waals surface area contributed by atoms with Gasteiger partial charge in [-0.3, -0.25) is 4.90 Å². The summed E-state index contributed by atoms with van der Waals surface area (Å²) < 4.78 is 0. The average molecular weight is 299 g/mol. The van der Waals surface area contributed by atoms with Crippen LogP contribution in [0.15, 0.2) is 41.8 Å². The number of hydrogen-bond acceptors (Lipinski definition) is 2. The zero-order valence-corrected chi connectivity index (χ0v) is 13.7. The van der Waals surface area contributed by atoms with Gasteiger partial charge in [0.05, 0.1) is 0 Å². The Bertz CT molecular complexity index is 546. The van der Waals surface area contributed by atoms with Gasteiger partial charge in [0.15, 0.2) is 0 Å². The van der Waals surface area contributed by atoms with E-state index in [1.165, 1.54) is 50.1 Å². The van der Waals surface area contributed by atoms with Gasteiger partial charge in [0.1, 0.15) is 0 Å². The molecule has 0 amide bonds. The molecule has 112 valence electrons. The summed E-state index contributed by atoms with van der Waals surface area (Å²) in [6.07, 6.45) is 6.26. The van der Waals surface area contributed by atoms with Crippen LogP contribution >= 0.6 is 11.3 Å². The molecule has 1 aliphatic rings. The van der Waals surface area contributed by atoms with Crippen molar-refractivity contribution >= 4 is 11.3 Å². The van der Waals surface area contributed by atoms with Crippen LogP contribution in [0, 0.1) is 0 Å². The van der Waals surface area contributed by atoms with Gasteiger partial charge in [-0.2, -0.15) is 0 Å². The smallest absolute Gasteiger partial charge is 0.0139 e. The lowest BCUT2D eigenvalue weighted by Gasteiger charge is -2.35. The molecule has 1 heterocycles. The molecule has 1 aliphatic carbocycles. The minimum Gasteiger partial charge on any atom is -0.300 e. The summed E-state index contributed by atoms with van der Waals surface area (Å²) in [6, 6.07) is 14.2.